The molecule has 0 aliphatic carbocycles. The van der Waals surface area contributed by atoms with Crippen LogP contribution in [0.2, 0.25) is 0 Å². The van der Waals surface area contributed by atoms with E-state index in [2.05, 4.69) is 31.4 Å². The van der Waals surface area contributed by atoms with Crippen molar-refractivity contribution in [2.45, 2.75) is 51.7 Å². The molecule has 2 heteroatoms. The summed E-state index contributed by atoms with van der Waals surface area (Å²) >= 11 is 0. The molecule has 1 saturated heterocycles. The van der Waals surface area contributed by atoms with Gasteiger partial charge >= 0.3 is 0 Å². The largest absolute Gasteiger partial charge is 0.309 e. The number of piperazine rings is 1. The third-order valence-corrected chi connectivity index (χ3v) is 2.32. The van der Waals surface area contributed by atoms with Gasteiger partial charge in [-0.15, -0.1) is 0 Å². The summed E-state index contributed by atoms with van der Waals surface area (Å²) in [5.74, 6) is 0. The van der Waals surface area contributed by atoms with Crippen LogP contribution in [-0.2, 0) is 0 Å². The molecule has 2 nitrogen and oxygen atoms in total. The zero-order valence-electron chi connectivity index (χ0n) is 7.80. The first-order valence-corrected chi connectivity index (χ1v) is 4.66. The van der Waals surface area contributed by atoms with Crippen LogP contribution in [0.25, 0.3) is 0 Å². The zero-order valence-corrected chi connectivity index (χ0v) is 7.80. The lowest BCUT2D eigenvalue weighted by Crippen LogP contribution is -2.55. The van der Waals surface area contributed by atoms with Crippen LogP contribution in [0.15, 0.2) is 0 Å². The van der Waals surface area contributed by atoms with Gasteiger partial charge in [0.25, 0.3) is 0 Å². The molecule has 0 saturated carbocycles. The van der Waals surface area contributed by atoms with E-state index in [-0.39, 0.29) is 0 Å². The molecule has 1 N–H and O–H groups in total. The number of hydrogen-bond donors (Lipinski definition) is 1. The van der Waals surface area contributed by atoms with Gasteiger partial charge in [-0.25, -0.2) is 5.32 Å². The number of nitrogens with zero attached hydrogens (tertiary/aromatic N) is 1. The van der Waals surface area contributed by atoms with E-state index in [0.29, 0.717) is 18.1 Å². The van der Waals surface area contributed by atoms with E-state index in [9.17, 15) is 0 Å². The smallest absolute Gasteiger partial charge is 0.0397 e. The Kier molecular flexibility index (Phi) is 3.34. The van der Waals surface area contributed by atoms with E-state index in [0.717, 1.165) is 6.54 Å². The summed E-state index contributed by atoms with van der Waals surface area (Å²) in [6.07, 6.45) is 2.48. The van der Waals surface area contributed by atoms with Crippen LogP contribution in [0.3, 0.4) is 0 Å². The van der Waals surface area contributed by atoms with Crippen molar-refractivity contribution in [2.75, 3.05) is 6.54 Å². The van der Waals surface area contributed by atoms with Gasteiger partial charge < -0.3 is 5.32 Å². The van der Waals surface area contributed by atoms with Crippen molar-refractivity contribution < 1.29 is 0 Å². The minimum absolute atomic E-state index is 0.566. The summed E-state index contributed by atoms with van der Waals surface area (Å²) in [4.78, 5) is 0. The highest BCUT2D eigenvalue weighted by molar-refractivity contribution is 4.86. The normalized spacial score (nSPS) is 39.0. The van der Waals surface area contributed by atoms with Crippen molar-refractivity contribution in [1.82, 2.24) is 10.6 Å². The van der Waals surface area contributed by atoms with E-state index in [1.165, 1.54) is 12.8 Å². The molecule has 0 amide bonds. The van der Waals surface area contributed by atoms with Gasteiger partial charge in [-0.05, 0) is 20.3 Å². The predicted octanol–water partition coefficient (Wildman–Crippen LogP) is 1.14. The van der Waals surface area contributed by atoms with Gasteiger partial charge in [0, 0.05) is 24.7 Å². The van der Waals surface area contributed by atoms with Crippen LogP contribution < -0.4 is 10.6 Å². The van der Waals surface area contributed by atoms with Crippen LogP contribution in [0.1, 0.15) is 33.6 Å². The van der Waals surface area contributed by atoms with Crippen molar-refractivity contribution in [2.24, 2.45) is 0 Å². The molecular weight excluding hydrogens is 136 g/mol. The molecule has 0 aromatic rings. The monoisotopic (exact) mass is 155 g/mol. The first kappa shape index (κ1) is 9.01. The molecule has 0 spiro atoms. The Balaban J connectivity index is 2.31. The standard InChI is InChI=1S/C9H19N2/c1-4-5-9-8(3)11-7(2)6-10-9/h7-9,11H,4-6H2,1-3H3. The molecule has 1 radical (unpaired) electrons. The number of rotatable bonds is 2. The van der Waals surface area contributed by atoms with Gasteiger partial charge in [0.1, 0.15) is 0 Å². The highest BCUT2D eigenvalue weighted by atomic mass is 15.1. The molecule has 1 aliphatic rings. The zero-order chi connectivity index (χ0) is 8.27. The first-order chi connectivity index (χ1) is 5.24. The SMILES string of the molecule is CCCC1[N]CC(C)NC1C. The Bertz CT molecular complexity index is 114. The Hall–Kier alpha value is -0.0800. The van der Waals surface area contributed by atoms with Crippen LogP contribution in [-0.4, -0.2) is 24.7 Å². The van der Waals surface area contributed by atoms with Crippen LogP contribution >= 0.6 is 0 Å². The third-order valence-electron chi connectivity index (χ3n) is 2.32. The highest BCUT2D eigenvalue weighted by Crippen LogP contribution is 2.08. The van der Waals surface area contributed by atoms with Gasteiger partial charge in [0.2, 0.25) is 0 Å². The van der Waals surface area contributed by atoms with Crippen molar-refractivity contribution >= 4 is 0 Å². The van der Waals surface area contributed by atoms with Gasteiger partial charge in [-0.2, -0.15) is 0 Å². The lowest BCUT2D eigenvalue weighted by atomic mass is 10.0. The molecule has 1 fully saturated rings. The summed E-state index contributed by atoms with van der Waals surface area (Å²) in [5.41, 5.74) is 0. The van der Waals surface area contributed by atoms with E-state index < -0.39 is 0 Å². The minimum Gasteiger partial charge on any atom is -0.309 e. The van der Waals surface area contributed by atoms with Crippen molar-refractivity contribution in [3.8, 4) is 0 Å². The summed E-state index contributed by atoms with van der Waals surface area (Å²) in [6.45, 7) is 7.65. The lowest BCUT2D eigenvalue weighted by Gasteiger charge is -2.33. The van der Waals surface area contributed by atoms with Crippen LogP contribution in [0.5, 0.6) is 0 Å². The topological polar surface area (TPSA) is 26.1 Å². The highest BCUT2D eigenvalue weighted by Gasteiger charge is 2.23. The van der Waals surface area contributed by atoms with Gasteiger partial charge in [-0.1, -0.05) is 13.3 Å². The first-order valence-electron chi connectivity index (χ1n) is 4.66. The Morgan fingerprint density at radius 3 is 2.73 bits per heavy atom. The molecule has 3 unspecified atom stereocenters. The van der Waals surface area contributed by atoms with Gasteiger partial charge in [-0.3, -0.25) is 0 Å². The minimum atomic E-state index is 0.566. The molecular formula is C9H19N2. The molecule has 11 heavy (non-hydrogen) atoms. The fraction of sp³-hybridized carbons (Fsp3) is 1.00. The fourth-order valence-corrected chi connectivity index (χ4v) is 1.70. The summed E-state index contributed by atoms with van der Waals surface area (Å²) in [5, 5.41) is 8.14. The number of hydrogen-bond acceptors (Lipinski definition) is 1. The molecule has 0 aromatic carbocycles. The second-order valence-corrected chi connectivity index (χ2v) is 3.58. The van der Waals surface area contributed by atoms with E-state index in [1.807, 2.05) is 0 Å². The van der Waals surface area contributed by atoms with Crippen LogP contribution in [0, 0.1) is 0 Å². The molecule has 0 aromatic heterocycles. The van der Waals surface area contributed by atoms with E-state index in [1.54, 1.807) is 0 Å². The van der Waals surface area contributed by atoms with Crippen molar-refractivity contribution in [1.29, 1.82) is 0 Å². The Morgan fingerprint density at radius 2 is 2.18 bits per heavy atom. The second kappa shape index (κ2) is 4.07. The average Bonchev–Trinajstić information content (AvgIpc) is 1.95. The maximum atomic E-state index is 4.62. The Morgan fingerprint density at radius 1 is 1.45 bits per heavy atom. The molecule has 0 bridgehead atoms. The van der Waals surface area contributed by atoms with Crippen molar-refractivity contribution in [3.05, 3.63) is 0 Å². The lowest BCUT2D eigenvalue weighted by molar-refractivity contribution is 0.272. The molecule has 65 valence electrons. The fourth-order valence-electron chi connectivity index (χ4n) is 1.70. The molecule has 1 heterocycles. The summed E-state index contributed by atoms with van der Waals surface area (Å²) in [7, 11) is 0. The molecule has 1 aliphatic heterocycles. The maximum absolute atomic E-state index is 4.62. The predicted molar refractivity (Wildman–Crippen MR) is 47.8 cm³/mol. The summed E-state index contributed by atoms with van der Waals surface area (Å²) < 4.78 is 0. The quantitative estimate of drug-likeness (QED) is 0.636. The maximum Gasteiger partial charge on any atom is 0.0397 e. The van der Waals surface area contributed by atoms with Crippen molar-refractivity contribution in [3.63, 3.8) is 0 Å². The third kappa shape index (κ3) is 2.46. The van der Waals surface area contributed by atoms with E-state index >= 15 is 0 Å². The molecule has 1 rings (SSSR count). The number of nitrogens with one attached hydrogen (secondary N) is 1. The Labute approximate surface area is 69.8 Å². The summed E-state index contributed by atoms with van der Waals surface area (Å²) in [6, 6.07) is 1.73. The van der Waals surface area contributed by atoms with Crippen LogP contribution in [0.4, 0.5) is 0 Å². The van der Waals surface area contributed by atoms with Gasteiger partial charge in [0.15, 0.2) is 0 Å². The van der Waals surface area contributed by atoms with E-state index in [4.69, 9.17) is 0 Å². The molecule has 3 atom stereocenters. The second-order valence-electron chi connectivity index (χ2n) is 3.58. The average molecular weight is 155 g/mol. The van der Waals surface area contributed by atoms with Gasteiger partial charge in [0.05, 0.1) is 0 Å².